The highest BCUT2D eigenvalue weighted by molar-refractivity contribution is 5.84. The molecule has 1 fully saturated rings. The second-order valence-corrected chi connectivity index (χ2v) is 5.06. The van der Waals surface area contributed by atoms with Crippen molar-refractivity contribution in [2.45, 2.75) is 39.7 Å². The highest BCUT2D eigenvalue weighted by Crippen LogP contribution is 2.09. The van der Waals surface area contributed by atoms with Crippen molar-refractivity contribution >= 4 is 11.8 Å². The first kappa shape index (κ1) is 16.1. The lowest BCUT2D eigenvalue weighted by Gasteiger charge is -2.39. The maximum atomic E-state index is 11.8. The van der Waals surface area contributed by atoms with E-state index in [2.05, 4.69) is 23.6 Å². The fourth-order valence-electron chi connectivity index (χ4n) is 2.49. The van der Waals surface area contributed by atoms with E-state index in [1.54, 1.807) is 6.92 Å². The monoisotopic (exact) mass is 270 g/mol. The minimum atomic E-state index is -0.278. The van der Waals surface area contributed by atoms with Gasteiger partial charge in [0.15, 0.2) is 0 Å². The van der Waals surface area contributed by atoms with Crippen LogP contribution in [0.5, 0.6) is 0 Å². The summed E-state index contributed by atoms with van der Waals surface area (Å²) in [5.41, 5.74) is 0. The van der Waals surface area contributed by atoms with Crippen molar-refractivity contribution in [1.82, 2.24) is 9.80 Å². The molecule has 19 heavy (non-hydrogen) atoms. The highest BCUT2D eigenvalue weighted by Gasteiger charge is 2.23. The van der Waals surface area contributed by atoms with Gasteiger partial charge in [-0.2, -0.15) is 0 Å². The molecule has 110 valence electrons. The van der Waals surface area contributed by atoms with Crippen molar-refractivity contribution in [2.75, 3.05) is 39.3 Å². The van der Waals surface area contributed by atoms with Crippen molar-refractivity contribution < 1.29 is 14.3 Å². The lowest BCUT2D eigenvalue weighted by atomic mass is 10.1. The summed E-state index contributed by atoms with van der Waals surface area (Å²) in [5.74, 6) is -0.148. The normalized spacial score (nSPS) is 21.3. The van der Waals surface area contributed by atoms with Crippen LogP contribution < -0.4 is 0 Å². The van der Waals surface area contributed by atoms with Crippen LogP contribution in [0.2, 0.25) is 0 Å². The van der Waals surface area contributed by atoms with E-state index >= 15 is 0 Å². The molecule has 5 heteroatoms. The van der Waals surface area contributed by atoms with Crippen molar-refractivity contribution in [1.29, 1.82) is 0 Å². The Hall–Kier alpha value is -0.940. The first-order valence-electron chi connectivity index (χ1n) is 7.20. The summed E-state index contributed by atoms with van der Waals surface area (Å²) in [4.78, 5) is 27.6. The van der Waals surface area contributed by atoms with Crippen LogP contribution >= 0.6 is 0 Å². The molecule has 0 aliphatic carbocycles. The van der Waals surface area contributed by atoms with Crippen LogP contribution in [0.3, 0.4) is 0 Å². The number of nitrogens with zero attached hydrogens (tertiary/aromatic N) is 2. The third kappa shape index (κ3) is 5.70. The number of rotatable bonds is 7. The lowest BCUT2D eigenvalue weighted by Crippen LogP contribution is -2.52. The van der Waals surface area contributed by atoms with Crippen molar-refractivity contribution in [3.63, 3.8) is 0 Å². The van der Waals surface area contributed by atoms with Gasteiger partial charge in [-0.3, -0.25) is 19.4 Å². The topological polar surface area (TPSA) is 49.9 Å². The van der Waals surface area contributed by atoms with Crippen LogP contribution in [0.4, 0.5) is 0 Å². The van der Waals surface area contributed by atoms with Crippen molar-refractivity contribution in [3.05, 3.63) is 0 Å². The summed E-state index contributed by atoms with van der Waals surface area (Å²) in [6, 6.07) is 0.497. The van der Waals surface area contributed by atoms with Crippen LogP contribution in [-0.4, -0.2) is 66.9 Å². The molecule has 0 bridgehead atoms. The Balaban J connectivity index is 2.24. The molecule has 5 nitrogen and oxygen atoms in total. The number of ketones is 1. The number of carbonyl (C=O) groups excluding carboxylic acids is 2. The summed E-state index contributed by atoms with van der Waals surface area (Å²) >= 11 is 0. The van der Waals surface area contributed by atoms with Crippen LogP contribution in [-0.2, 0) is 14.3 Å². The molecular formula is C14H26N2O3. The van der Waals surface area contributed by atoms with Crippen LogP contribution in [0, 0.1) is 0 Å². The third-order valence-corrected chi connectivity index (χ3v) is 3.57. The zero-order valence-corrected chi connectivity index (χ0v) is 12.4. The SMILES string of the molecule is CCOC(=O)CCC(=O)CN1CCN(CC)C(C)C1. The van der Waals surface area contributed by atoms with Crippen molar-refractivity contribution in [3.8, 4) is 0 Å². The summed E-state index contributed by atoms with van der Waals surface area (Å²) in [5, 5.41) is 0. The predicted molar refractivity (Wildman–Crippen MR) is 74.0 cm³/mol. The number of hydrogen-bond acceptors (Lipinski definition) is 5. The number of carbonyl (C=O) groups is 2. The van der Waals surface area contributed by atoms with Gasteiger partial charge in [0.05, 0.1) is 19.6 Å². The molecule has 0 aromatic heterocycles. The molecule has 1 atom stereocenters. The Labute approximate surface area is 115 Å². The standard InChI is InChI=1S/C14H26N2O3/c1-4-16-9-8-15(10-12(16)3)11-13(17)6-7-14(18)19-5-2/h12H,4-11H2,1-3H3. The second-order valence-electron chi connectivity index (χ2n) is 5.06. The van der Waals surface area contributed by atoms with E-state index in [0.29, 0.717) is 25.6 Å². The lowest BCUT2D eigenvalue weighted by molar-refractivity contribution is -0.144. The van der Waals surface area contributed by atoms with Gasteiger partial charge in [0.25, 0.3) is 0 Å². The smallest absolute Gasteiger partial charge is 0.306 e. The van der Waals surface area contributed by atoms with E-state index in [9.17, 15) is 9.59 Å². The van der Waals surface area contributed by atoms with Gasteiger partial charge >= 0.3 is 5.97 Å². The molecular weight excluding hydrogens is 244 g/mol. The number of likely N-dealkylation sites (N-methyl/N-ethyl adjacent to an activating group) is 1. The van der Waals surface area contributed by atoms with Gasteiger partial charge in [0, 0.05) is 32.1 Å². The minimum absolute atomic E-state index is 0.130. The summed E-state index contributed by atoms with van der Waals surface area (Å²) < 4.78 is 4.82. The molecule has 1 unspecified atom stereocenters. The Morgan fingerprint density at radius 1 is 1.21 bits per heavy atom. The average molecular weight is 270 g/mol. The maximum Gasteiger partial charge on any atom is 0.306 e. The van der Waals surface area contributed by atoms with E-state index in [0.717, 1.165) is 26.2 Å². The number of hydrogen-bond donors (Lipinski definition) is 0. The molecule has 0 amide bonds. The van der Waals surface area contributed by atoms with Gasteiger partial charge in [-0.15, -0.1) is 0 Å². The van der Waals surface area contributed by atoms with Gasteiger partial charge in [0.2, 0.25) is 0 Å². The van der Waals surface area contributed by atoms with Gasteiger partial charge in [-0.05, 0) is 20.4 Å². The Morgan fingerprint density at radius 2 is 1.95 bits per heavy atom. The van der Waals surface area contributed by atoms with E-state index < -0.39 is 0 Å². The number of esters is 1. The average Bonchev–Trinajstić information content (AvgIpc) is 2.37. The molecule has 0 saturated carbocycles. The third-order valence-electron chi connectivity index (χ3n) is 3.57. The first-order valence-corrected chi connectivity index (χ1v) is 7.20. The van der Waals surface area contributed by atoms with Crippen LogP contribution in [0.1, 0.15) is 33.6 Å². The molecule has 0 aromatic rings. The zero-order valence-electron chi connectivity index (χ0n) is 12.4. The fourth-order valence-corrected chi connectivity index (χ4v) is 2.49. The van der Waals surface area contributed by atoms with Gasteiger partial charge in [0.1, 0.15) is 5.78 Å². The summed E-state index contributed by atoms with van der Waals surface area (Å²) in [7, 11) is 0. The second kappa shape index (κ2) is 8.27. The summed E-state index contributed by atoms with van der Waals surface area (Å²) in [6.45, 7) is 10.9. The molecule has 1 saturated heterocycles. The molecule has 1 rings (SSSR count). The minimum Gasteiger partial charge on any atom is -0.466 e. The summed E-state index contributed by atoms with van der Waals surface area (Å²) in [6.07, 6.45) is 0.498. The number of Topliss-reactive ketones (excluding diaryl/α,β-unsaturated/α-hetero) is 1. The predicted octanol–water partition coefficient (Wildman–Crippen LogP) is 0.925. The van der Waals surface area contributed by atoms with Gasteiger partial charge in [-0.1, -0.05) is 6.92 Å². The van der Waals surface area contributed by atoms with Gasteiger partial charge < -0.3 is 4.74 Å². The van der Waals surface area contributed by atoms with E-state index in [1.807, 2.05) is 0 Å². The molecule has 0 radical (unpaired) electrons. The van der Waals surface area contributed by atoms with E-state index in [4.69, 9.17) is 4.74 Å². The van der Waals surface area contributed by atoms with Crippen LogP contribution in [0.15, 0.2) is 0 Å². The highest BCUT2D eigenvalue weighted by atomic mass is 16.5. The van der Waals surface area contributed by atoms with Crippen LogP contribution in [0.25, 0.3) is 0 Å². The largest absolute Gasteiger partial charge is 0.466 e. The number of ether oxygens (including phenoxy) is 1. The Bertz CT molecular complexity index is 307. The maximum absolute atomic E-state index is 11.8. The first-order chi connectivity index (χ1) is 9.06. The molecule has 1 aliphatic heterocycles. The molecule has 0 N–H and O–H groups in total. The zero-order chi connectivity index (χ0) is 14.3. The fraction of sp³-hybridized carbons (Fsp3) is 0.857. The molecule has 0 aromatic carbocycles. The molecule has 0 spiro atoms. The van der Waals surface area contributed by atoms with Crippen molar-refractivity contribution in [2.24, 2.45) is 0 Å². The Morgan fingerprint density at radius 3 is 2.53 bits per heavy atom. The quantitative estimate of drug-likeness (QED) is 0.644. The molecule has 1 heterocycles. The number of piperazine rings is 1. The Kier molecular flexibility index (Phi) is 7.02. The van der Waals surface area contributed by atoms with Gasteiger partial charge in [-0.25, -0.2) is 0 Å². The van der Waals surface area contributed by atoms with E-state index in [1.165, 1.54) is 0 Å². The molecule has 1 aliphatic rings. The van der Waals surface area contributed by atoms with E-state index in [-0.39, 0.29) is 18.2 Å².